The topological polar surface area (TPSA) is 23.8 Å². The van der Waals surface area contributed by atoms with Crippen LogP contribution in [0.15, 0.2) is 60.7 Å². The summed E-state index contributed by atoms with van der Waals surface area (Å²) in [6.45, 7) is 2.05. The van der Waals surface area contributed by atoms with Crippen molar-refractivity contribution in [3.63, 3.8) is 0 Å². The summed E-state index contributed by atoms with van der Waals surface area (Å²) in [5.41, 5.74) is 4.03. The molecule has 1 nitrogen and oxygen atoms in total. The zero-order chi connectivity index (χ0) is 13.2. The summed E-state index contributed by atoms with van der Waals surface area (Å²) in [6, 6.07) is 22.7. The quantitative estimate of drug-likeness (QED) is 0.608. The Bertz CT molecular complexity index is 789. The first-order valence-electron chi connectivity index (χ1n) is 6.28. The van der Waals surface area contributed by atoms with Crippen molar-refractivity contribution < 1.29 is 0 Å². The second-order valence-corrected chi connectivity index (χ2v) is 4.69. The Labute approximate surface area is 112 Å². The molecule has 0 aromatic heterocycles. The molecule has 3 aromatic rings. The molecule has 0 aliphatic heterocycles. The molecule has 0 saturated carbocycles. The lowest BCUT2D eigenvalue weighted by atomic mass is 9.94. The third kappa shape index (κ3) is 1.98. The molecule has 0 atom stereocenters. The summed E-state index contributed by atoms with van der Waals surface area (Å²) in [4.78, 5) is 0. The fraction of sp³-hybridized carbons (Fsp3) is 0.0556. The van der Waals surface area contributed by atoms with Gasteiger partial charge in [0.1, 0.15) is 0 Å². The molecule has 0 aliphatic rings. The van der Waals surface area contributed by atoms with Gasteiger partial charge in [-0.25, -0.2) is 0 Å². The molecular weight excluding hydrogens is 230 g/mol. The highest BCUT2D eigenvalue weighted by Crippen LogP contribution is 2.31. The minimum absolute atomic E-state index is 0.724. The largest absolute Gasteiger partial charge is 0.192 e. The van der Waals surface area contributed by atoms with E-state index in [1.165, 1.54) is 16.3 Å². The first kappa shape index (κ1) is 11.5. The fourth-order valence-corrected chi connectivity index (χ4v) is 2.44. The minimum Gasteiger partial charge on any atom is -0.192 e. The summed E-state index contributed by atoms with van der Waals surface area (Å²) in [7, 11) is 0. The van der Waals surface area contributed by atoms with Gasteiger partial charge in [0, 0.05) is 5.56 Å². The van der Waals surface area contributed by atoms with Crippen LogP contribution in [0.3, 0.4) is 0 Å². The summed E-state index contributed by atoms with van der Waals surface area (Å²) in [5.74, 6) is 0. The van der Waals surface area contributed by atoms with Crippen LogP contribution in [0.2, 0.25) is 0 Å². The Morgan fingerprint density at radius 1 is 0.842 bits per heavy atom. The molecule has 0 heterocycles. The van der Waals surface area contributed by atoms with Crippen LogP contribution in [0.5, 0.6) is 0 Å². The Morgan fingerprint density at radius 3 is 2.47 bits per heavy atom. The van der Waals surface area contributed by atoms with Crippen LogP contribution in [0, 0.1) is 18.3 Å². The molecule has 19 heavy (non-hydrogen) atoms. The molecule has 0 N–H and O–H groups in total. The smallest absolute Gasteiger partial charge is 0.0998 e. The number of hydrogen-bond acceptors (Lipinski definition) is 1. The number of rotatable bonds is 1. The van der Waals surface area contributed by atoms with Crippen LogP contribution in [0.4, 0.5) is 0 Å². The van der Waals surface area contributed by atoms with E-state index in [2.05, 4.69) is 43.3 Å². The van der Waals surface area contributed by atoms with Gasteiger partial charge in [0.25, 0.3) is 0 Å². The summed E-state index contributed by atoms with van der Waals surface area (Å²) >= 11 is 0. The molecule has 0 fully saturated rings. The number of nitrogens with zero attached hydrogens (tertiary/aromatic N) is 1. The summed E-state index contributed by atoms with van der Waals surface area (Å²) in [5, 5.41) is 11.7. The van der Waals surface area contributed by atoms with E-state index in [-0.39, 0.29) is 0 Å². The Morgan fingerprint density at radius 2 is 1.63 bits per heavy atom. The maximum atomic E-state index is 9.29. The number of benzene rings is 3. The van der Waals surface area contributed by atoms with Gasteiger partial charge < -0.3 is 0 Å². The molecule has 0 bridgehead atoms. The van der Waals surface area contributed by atoms with Crippen molar-refractivity contribution >= 4 is 10.8 Å². The van der Waals surface area contributed by atoms with Gasteiger partial charge in [-0.1, -0.05) is 60.2 Å². The maximum Gasteiger partial charge on any atom is 0.0998 e. The van der Waals surface area contributed by atoms with Crippen LogP contribution in [0.1, 0.15) is 11.1 Å². The molecule has 0 unspecified atom stereocenters. The van der Waals surface area contributed by atoms with Crippen LogP contribution in [-0.4, -0.2) is 0 Å². The average molecular weight is 243 g/mol. The lowest BCUT2D eigenvalue weighted by Crippen LogP contribution is -1.87. The van der Waals surface area contributed by atoms with Gasteiger partial charge in [0.05, 0.1) is 11.6 Å². The zero-order valence-electron chi connectivity index (χ0n) is 10.7. The first-order valence-corrected chi connectivity index (χ1v) is 6.28. The highest BCUT2D eigenvalue weighted by molar-refractivity contribution is 5.97. The Balaban J connectivity index is 2.37. The number of fused-ring (bicyclic) bond motifs is 1. The van der Waals surface area contributed by atoms with Crippen LogP contribution in [-0.2, 0) is 0 Å². The molecule has 90 valence electrons. The van der Waals surface area contributed by atoms with Crippen molar-refractivity contribution in [1.29, 1.82) is 5.26 Å². The van der Waals surface area contributed by atoms with Crippen molar-refractivity contribution in [3.05, 3.63) is 71.8 Å². The van der Waals surface area contributed by atoms with Gasteiger partial charge in [0.2, 0.25) is 0 Å². The predicted octanol–water partition coefficient (Wildman–Crippen LogP) is 4.69. The predicted molar refractivity (Wildman–Crippen MR) is 78.8 cm³/mol. The van der Waals surface area contributed by atoms with Gasteiger partial charge in [-0.2, -0.15) is 5.26 Å². The fourth-order valence-electron chi connectivity index (χ4n) is 2.44. The van der Waals surface area contributed by atoms with E-state index in [4.69, 9.17) is 0 Å². The summed E-state index contributed by atoms with van der Waals surface area (Å²) in [6.07, 6.45) is 0. The second kappa shape index (κ2) is 4.59. The average Bonchev–Trinajstić information content (AvgIpc) is 2.46. The minimum atomic E-state index is 0.724. The lowest BCUT2D eigenvalue weighted by molar-refractivity contribution is 1.43. The van der Waals surface area contributed by atoms with Crippen LogP contribution < -0.4 is 0 Å². The van der Waals surface area contributed by atoms with Gasteiger partial charge in [-0.15, -0.1) is 0 Å². The van der Waals surface area contributed by atoms with Crippen molar-refractivity contribution in [3.8, 4) is 17.2 Å². The van der Waals surface area contributed by atoms with E-state index in [1.807, 2.05) is 30.3 Å². The van der Waals surface area contributed by atoms with Gasteiger partial charge in [0.15, 0.2) is 0 Å². The van der Waals surface area contributed by atoms with E-state index >= 15 is 0 Å². The molecule has 0 radical (unpaired) electrons. The van der Waals surface area contributed by atoms with Gasteiger partial charge >= 0.3 is 0 Å². The second-order valence-electron chi connectivity index (χ2n) is 4.69. The standard InChI is InChI=1S/C18H13N/c1-13-9-10-15(12-19)18(11-13)17-8-4-6-14-5-2-3-7-16(14)17/h2-11H,1H3. The number of hydrogen-bond donors (Lipinski definition) is 0. The molecule has 0 amide bonds. The molecule has 3 rings (SSSR count). The van der Waals surface area contributed by atoms with Crippen molar-refractivity contribution in [1.82, 2.24) is 0 Å². The highest BCUT2D eigenvalue weighted by Gasteiger charge is 2.08. The Hall–Kier alpha value is -2.59. The van der Waals surface area contributed by atoms with Gasteiger partial charge in [-0.3, -0.25) is 0 Å². The van der Waals surface area contributed by atoms with Crippen molar-refractivity contribution in [2.45, 2.75) is 6.92 Å². The zero-order valence-corrected chi connectivity index (χ0v) is 10.7. The third-order valence-corrected chi connectivity index (χ3v) is 3.38. The van der Waals surface area contributed by atoms with E-state index in [1.54, 1.807) is 0 Å². The van der Waals surface area contributed by atoms with E-state index in [9.17, 15) is 5.26 Å². The molecule has 0 aliphatic carbocycles. The van der Waals surface area contributed by atoms with E-state index in [0.29, 0.717) is 0 Å². The normalized spacial score (nSPS) is 10.3. The van der Waals surface area contributed by atoms with Gasteiger partial charge in [-0.05, 0) is 29.3 Å². The molecule has 0 spiro atoms. The Kier molecular flexibility index (Phi) is 2.78. The maximum absolute atomic E-state index is 9.29. The van der Waals surface area contributed by atoms with Crippen LogP contribution >= 0.6 is 0 Å². The molecular formula is C18H13N. The first-order chi connectivity index (χ1) is 9.29. The third-order valence-electron chi connectivity index (χ3n) is 3.38. The lowest BCUT2D eigenvalue weighted by Gasteiger charge is -2.09. The van der Waals surface area contributed by atoms with Crippen molar-refractivity contribution in [2.24, 2.45) is 0 Å². The number of nitriles is 1. The summed E-state index contributed by atoms with van der Waals surface area (Å²) < 4.78 is 0. The SMILES string of the molecule is Cc1ccc(C#N)c(-c2cccc3ccccc23)c1. The van der Waals surface area contributed by atoms with E-state index in [0.717, 1.165) is 16.7 Å². The molecule has 1 heteroatoms. The van der Waals surface area contributed by atoms with Crippen LogP contribution in [0.25, 0.3) is 21.9 Å². The highest BCUT2D eigenvalue weighted by atomic mass is 14.2. The monoisotopic (exact) mass is 243 g/mol. The molecule has 0 saturated heterocycles. The van der Waals surface area contributed by atoms with Crippen molar-refractivity contribution in [2.75, 3.05) is 0 Å². The van der Waals surface area contributed by atoms with E-state index < -0.39 is 0 Å². The number of aryl methyl sites for hydroxylation is 1. The molecule has 3 aromatic carbocycles.